The molecule has 3 rings (SSSR count). The van der Waals surface area contributed by atoms with E-state index in [4.69, 9.17) is 5.73 Å². The number of hydrogen-bond donors (Lipinski definition) is 2. The van der Waals surface area contributed by atoms with Gasteiger partial charge in [-0.15, -0.1) is 0 Å². The predicted octanol–water partition coefficient (Wildman–Crippen LogP) is 3.79. The summed E-state index contributed by atoms with van der Waals surface area (Å²) in [5, 5.41) is 14.6. The Morgan fingerprint density at radius 2 is 1.73 bits per heavy atom. The van der Waals surface area contributed by atoms with Crippen LogP contribution in [0.2, 0.25) is 0 Å². The first kappa shape index (κ1) is 17.2. The number of nitro groups is 1. The van der Waals surface area contributed by atoms with Crippen molar-refractivity contribution in [3.63, 3.8) is 0 Å². The van der Waals surface area contributed by atoms with Crippen LogP contribution < -0.4 is 16.0 Å². The van der Waals surface area contributed by atoms with Crippen LogP contribution in [0, 0.1) is 17.0 Å². The summed E-state index contributed by atoms with van der Waals surface area (Å²) >= 11 is 0. The number of nitrogens with two attached hydrogens (primary N) is 1. The molecule has 0 atom stereocenters. The molecule has 1 aromatic heterocycles. The van der Waals surface area contributed by atoms with Gasteiger partial charge in [0.1, 0.15) is 5.69 Å². The molecule has 8 nitrogen and oxygen atoms in total. The van der Waals surface area contributed by atoms with Crippen molar-refractivity contribution in [2.75, 3.05) is 23.0 Å². The zero-order valence-electron chi connectivity index (χ0n) is 14.4. The molecule has 0 spiro atoms. The van der Waals surface area contributed by atoms with Crippen molar-refractivity contribution < 1.29 is 4.92 Å². The van der Waals surface area contributed by atoms with E-state index in [-0.39, 0.29) is 23.1 Å². The van der Waals surface area contributed by atoms with E-state index >= 15 is 0 Å². The summed E-state index contributed by atoms with van der Waals surface area (Å²) in [5.74, 6) is 0.439. The molecule has 0 saturated carbocycles. The van der Waals surface area contributed by atoms with Crippen LogP contribution in [0.25, 0.3) is 0 Å². The van der Waals surface area contributed by atoms with Crippen LogP contribution in [0.15, 0.2) is 54.6 Å². The van der Waals surface area contributed by atoms with Crippen molar-refractivity contribution in [3.05, 3.63) is 70.4 Å². The van der Waals surface area contributed by atoms with E-state index in [0.29, 0.717) is 11.4 Å². The van der Waals surface area contributed by atoms with Gasteiger partial charge >= 0.3 is 5.69 Å². The van der Waals surface area contributed by atoms with Gasteiger partial charge in [-0.25, -0.2) is 4.98 Å². The van der Waals surface area contributed by atoms with Crippen LogP contribution in [0.4, 0.5) is 34.5 Å². The summed E-state index contributed by atoms with van der Waals surface area (Å²) in [4.78, 5) is 21.3. The average molecular weight is 350 g/mol. The third-order valence-electron chi connectivity index (χ3n) is 3.89. The highest BCUT2D eigenvalue weighted by Gasteiger charge is 2.25. The van der Waals surface area contributed by atoms with Gasteiger partial charge in [0.05, 0.1) is 16.3 Å². The molecule has 0 aliphatic rings. The molecule has 0 aliphatic carbocycles. The highest BCUT2D eigenvalue weighted by Crippen LogP contribution is 2.34. The Labute approximate surface area is 150 Å². The maximum atomic E-state index is 11.6. The molecule has 0 saturated heterocycles. The highest BCUT2D eigenvalue weighted by molar-refractivity contribution is 5.74. The molecule has 0 bridgehead atoms. The zero-order valence-corrected chi connectivity index (χ0v) is 14.4. The molecule has 0 amide bonds. The second-order valence-electron chi connectivity index (χ2n) is 5.67. The van der Waals surface area contributed by atoms with E-state index in [2.05, 4.69) is 15.3 Å². The molecule has 26 heavy (non-hydrogen) atoms. The summed E-state index contributed by atoms with van der Waals surface area (Å²) < 4.78 is 0. The minimum Gasteiger partial charge on any atom is -0.397 e. The Hall–Kier alpha value is -3.68. The Morgan fingerprint density at radius 1 is 1.08 bits per heavy atom. The Balaban J connectivity index is 2.08. The number of anilines is 5. The quantitative estimate of drug-likeness (QED) is 0.409. The Morgan fingerprint density at radius 3 is 2.38 bits per heavy atom. The van der Waals surface area contributed by atoms with Crippen LogP contribution in [0.5, 0.6) is 0 Å². The second-order valence-corrected chi connectivity index (χ2v) is 5.67. The predicted molar refractivity (Wildman–Crippen MR) is 102 cm³/mol. The van der Waals surface area contributed by atoms with E-state index in [1.54, 1.807) is 31.0 Å². The van der Waals surface area contributed by atoms with Gasteiger partial charge in [-0.05, 0) is 31.2 Å². The monoisotopic (exact) mass is 350 g/mol. The van der Waals surface area contributed by atoms with Gasteiger partial charge in [0.2, 0.25) is 11.8 Å². The van der Waals surface area contributed by atoms with Crippen molar-refractivity contribution in [1.82, 2.24) is 9.97 Å². The van der Waals surface area contributed by atoms with Crippen molar-refractivity contribution in [2.45, 2.75) is 6.92 Å². The number of nitrogen functional groups attached to an aromatic ring is 1. The Kier molecular flexibility index (Phi) is 4.66. The fourth-order valence-corrected chi connectivity index (χ4v) is 2.56. The van der Waals surface area contributed by atoms with E-state index in [1.165, 1.54) is 0 Å². The lowest BCUT2D eigenvalue weighted by atomic mass is 10.2. The fourth-order valence-electron chi connectivity index (χ4n) is 2.56. The number of rotatable bonds is 5. The molecule has 0 fully saturated rings. The molecule has 0 unspecified atom stereocenters. The summed E-state index contributed by atoms with van der Waals surface area (Å²) in [6, 6.07) is 16.5. The number of aromatic nitrogens is 2. The lowest BCUT2D eigenvalue weighted by molar-refractivity contribution is -0.385. The van der Waals surface area contributed by atoms with Gasteiger partial charge in [0.25, 0.3) is 0 Å². The summed E-state index contributed by atoms with van der Waals surface area (Å²) in [5.41, 5.74) is 8.01. The largest absolute Gasteiger partial charge is 0.397 e. The van der Waals surface area contributed by atoms with Crippen LogP contribution in [0.3, 0.4) is 0 Å². The van der Waals surface area contributed by atoms with Crippen molar-refractivity contribution in [3.8, 4) is 0 Å². The molecular formula is C18H18N6O2. The average Bonchev–Trinajstić information content (AvgIpc) is 2.63. The van der Waals surface area contributed by atoms with Crippen molar-refractivity contribution >= 4 is 34.5 Å². The maximum Gasteiger partial charge on any atom is 0.333 e. The smallest absolute Gasteiger partial charge is 0.333 e. The van der Waals surface area contributed by atoms with E-state index in [1.807, 2.05) is 42.5 Å². The van der Waals surface area contributed by atoms with Crippen molar-refractivity contribution in [2.24, 2.45) is 0 Å². The van der Waals surface area contributed by atoms with E-state index in [9.17, 15) is 10.1 Å². The standard InChI is InChI=1S/C18H18N6O2/c1-12-16(24(25)26)17(23(2)13-8-4-3-5-9-13)22-18(20-12)21-15-11-7-6-10-14(15)19/h3-11H,19H2,1-2H3,(H,20,21,22). The van der Waals surface area contributed by atoms with Gasteiger partial charge in [-0.3, -0.25) is 10.1 Å². The van der Waals surface area contributed by atoms with Crippen LogP contribution in [0.1, 0.15) is 5.69 Å². The first-order chi connectivity index (χ1) is 12.5. The minimum atomic E-state index is -0.467. The van der Waals surface area contributed by atoms with Crippen LogP contribution in [-0.4, -0.2) is 21.9 Å². The fraction of sp³-hybridized carbons (Fsp3) is 0.111. The van der Waals surface area contributed by atoms with Crippen LogP contribution >= 0.6 is 0 Å². The third kappa shape index (κ3) is 3.39. The highest BCUT2D eigenvalue weighted by atomic mass is 16.6. The SMILES string of the molecule is Cc1nc(Nc2ccccc2N)nc(N(C)c2ccccc2)c1[N+](=O)[O-]. The van der Waals surface area contributed by atoms with Gasteiger partial charge in [0.15, 0.2) is 0 Å². The summed E-state index contributed by atoms with van der Waals surface area (Å²) in [6.07, 6.45) is 0. The maximum absolute atomic E-state index is 11.6. The molecule has 3 N–H and O–H groups in total. The molecule has 0 aliphatic heterocycles. The first-order valence-electron chi connectivity index (χ1n) is 7.90. The lowest BCUT2D eigenvalue weighted by Gasteiger charge is -2.19. The number of aryl methyl sites for hydroxylation is 1. The molecule has 132 valence electrons. The number of nitrogens with one attached hydrogen (secondary N) is 1. The number of para-hydroxylation sites is 3. The Bertz CT molecular complexity index is 946. The first-order valence-corrected chi connectivity index (χ1v) is 7.90. The van der Waals surface area contributed by atoms with Gasteiger partial charge in [-0.2, -0.15) is 4.98 Å². The van der Waals surface area contributed by atoms with E-state index < -0.39 is 4.92 Å². The summed E-state index contributed by atoms with van der Waals surface area (Å²) in [7, 11) is 1.73. The molecule has 1 heterocycles. The molecule has 2 aromatic carbocycles. The van der Waals surface area contributed by atoms with Crippen molar-refractivity contribution in [1.29, 1.82) is 0 Å². The van der Waals surface area contributed by atoms with Crippen LogP contribution in [-0.2, 0) is 0 Å². The molecule has 0 radical (unpaired) electrons. The number of hydrogen-bond acceptors (Lipinski definition) is 7. The van der Waals surface area contributed by atoms with Gasteiger partial charge in [0, 0.05) is 12.7 Å². The van der Waals surface area contributed by atoms with Gasteiger partial charge in [-0.1, -0.05) is 30.3 Å². The molecule has 3 aromatic rings. The lowest BCUT2D eigenvalue weighted by Crippen LogP contribution is -2.16. The topological polar surface area (TPSA) is 110 Å². The minimum absolute atomic E-state index is 0.136. The normalized spacial score (nSPS) is 10.4. The number of nitrogens with zero attached hydrogens (tertiary/aromatic N) is 4. The van der Waals surface area contributed by atoms with Gasteiger partial charge < -0.3 is 16.0 Å². The van der Waals surface area contributed by atoms with E-state index in [0.717, 1.165) is 5.69 Å². The third-order valence-corrected chi connectivity index (χ3v) is 3.89. The zero-order chi connectivity index (χ0) is 18.7. The number of benzene rings is 2. The molecular weight excluding hydrogens is 332 g/mol. The summed E-state index contributed by atoms with van der Waals surface area (Å²) in [6.45, 7) is 1.58. The molecule has 8 heteroatoms. The second kappa shape index (κ2) is 7.06.